The quantitative estimate of drug-likeness (QED) is 0.661. The fraction of sp³-hybridized carbons (Fsp3) is 1.00. The molecule has 0 spiro atoms. The zero-order valence-electron chi connectivity index (χ0n) is 9.04. The molecule has 0 radical (unpaired) electrons. The van der Waals surface area contributed by atoms with Crippen LogP contribution in [0, 0.1) is 5.92 Å². The number of aliphatic hydroxyl groups is 1. The van der Waals surface area contributed by atoms with Gasteiger partial charge in [-0.05, 0) is 38.1 Å². The van der Waals surface area contributed by atoms with Crippen LogP contribution in [0.4, 0.5) is 0 Å². The minimum atomic E-state index is -0.0790. The van der Waals surface area contributed by atoms with Gasteiger partial charge in [0.05, 0.1) is 6.10 Å². The standard InChI is InChI=1S/C12H23NO/c14-12-6-2-1-5-11(12)13-9-3-4-10-7-8-10/h10-14H,1-9H2/t11-,12-/m0/s1. The highest BCUT2D eigenvalue weighted by Gasteiger charge is 2.23. The molecule has 0 unspecified atom stereocenters. The summed E-state index contributed by atoms with van der Waals surface area (Å²) in [4.78, 5) is 0. The fourth-order valence-corrected chi connectivity index (χ4v) is 2.43. The van der Waals surface area contributed by atoms with Crippen LogP contribution in [0.25, 0.3) is 0 Å². The Labute approximate surface area is 87.1 Å². The molecule has 0 saturated heterocycles. The molecule has 0 aromatic heterocycles. The summed E-state index contributed by atoms with van der Waals surface area (Å²) in [5, 5.41) is 13.2. The average Bonchev–Trinajstić information content (AvgIpc) is 2.99. The molecule has 2 atom stereocenters. The van der Waals surface area contributed by atoms with E-state index in [0.717, 1.165) is 18.9 Å². The molecule has 0 aromatic rings. The van der Waals surface area contributed by atoms with E-state index < -0.39 is 0 Å². The van der Waals surface area contributed by atoms with Gasteiger partial charge in [0.15, 0.2) is 0 Å². The molecule has 2 N–H and O–H groups in total. The van der Waals surface area contributed by atoms with E-state index in [2.05, 4.69) is 5.32 Å². The predicted molar refractivity (Wildman–Crippen MR) is 58.2 cm³/mol. The Kier molecular flexibility index (Phi) is 3.82. The van der Waals surface area contributed by atoms with Crippen LogP contribution in [0.2, 0.25) is 0 Å². The summed E-state index contributed by atoms with van der Waals surface area (Å²) in [6.45, 7) is 1.11. The minimum absolute atomic E-state index is 0.0790. The molecule has 0 aliphatic heterocycles. The lowest BCUT2D eigenvalue weighted by Gasteiger charge is -2.28. The number of hydrogen-bond acceptors (Lipinski definition) is 2. The highest BCUT2D eigenvalue weighted by molar-refractivity contribution is 4.80. The van der Waals surface area contributed by atoms with Gasteiger partial charge >= 0.3 is 0 Å². The van der Waals surface area contributed by atoms with Crippen LogP contribution in [0.3, 0.4) is 0 Å². The Bertz CT molecular complexity index is 168. The van der Waals surface area contributed by atoms with Crippen molar-refractivity contribution in [2.75, 3.05) is 6.54 Å². The van der Waals surface area contributed by atoms with Gasteiger partial charge in [0.2, 0.25) is 0 Å². The normalized spacial score (nSPS) is 33.2. The van der Waals surface area contributed by atoms with Crippen molar-refractivity contribution in [1.29, 1.82) is 0 Å². The lowest BCUT2D eigenvalue weighted by Crippen LogP contribution is -2.42. The van der Waals surface area contributed by atoms with Crippen molar-refractivity contribution < 1.29 is 5.11 Å². The molecule has 2 rings (SSSR count). The third-order valence-electron chi connectivity index (χ3n) is 3.62. The number of aliphatic hydroxyl groups excluding tert-OH is 1. The summed E-state index contributed by atoms with van der Waals surface area (Å²) in [5.41, 5.74) is 0. The first-order valence-corrected chi connectivity index (χ1v) is 6.28. The summed E-state index contributed by atoms with van der Waals surface area (Å²) in [7, 11) is 0. The topological polar surface area (TPSA) is 32.3 Å². The Balaban J connectivity index is 1.53. The van der Waals surface area contributed by atoms with E-state index in [1.54, 1.807) is 0 Å². The van der Waals surface area contributed by atoms with Crippen LogP contribution < -0.4 is 5.32 Å². The van der Waals surface area contributed by atoms with Crippen LogP contribution in [0.1, 0.15) is 51.4 Å². The molecule has 2 heteroatoms. The third kappa shape index (κ3) is 3.25. The van der Waals surface area contributed by atoms with E-state index in [4.69, 9.17) is 0 Å². The van der Waals surface area contributed by atoms with Crippen molar-refractivity contribution >= 4 is 0 Å². The molecule has 0 aromatic carbocycles. The first kappa shape index (κ1) is 10.4. The molecule has 2 nitrogen and oxygen atoms in total. The molecule has 2 fully saturated rings. The molecular weight excluding hydrogens is 174 g/mol. The lowest BCUT2D eigenvalue weighted by molar-refractivity contribution is 0.0909. The van der Waals surface area contributed by atoms with Gasteiger partial charge in [0.25, 0.3) is 0 Å². The zero-order valence-corrected chi connectivity index (χ0v) is 9.04. The molecule has 0 bridgehead atoms. The van der Waals surface area contributed by atoms with Gasteiger partial charge in [-0.15, -0.1) is 0 Å². The monoisotopic (exact) mass is 197 g/mol. The van der Waals surface area contributed by atoms with Crippen molar-refractivity contribution in [3.63, 3.8) is 0 Å². The van der Waals surface area contributed by atoms with E-state index in [9.17, 15) is 5.11 Å². The molecule has 2 saturated carbocycles. The maximum atomic E-state index is 9.73. The Morgan fingerprint density at radius 2 is 1.86 bits per heavy atom. The van der Waals surface area contributed by atoms with E-state index >= 15 is 0 Å². The summed E-state index contributed by atoms with van der Waals surface area (Å²) < 4.78 is 0. The predicted octanol–water partition coefficient (Wildman–Crippen LogP) is 2.07. The Hall–Kier alpha value is -0.0800. The Morgan fingerprint density at radius 1 is 1.07 bits per heavy atom. The smallest absolute Gasteiger partial charge is 0.0693 e. The van der Waals surface area contributed by atoms with Crippen molar-refractivity contribution in [2.45, 2.75) is 63.5 Å². The first-order valence-electron chi connectivity index (χ1n) is 6.28. The van der Waals surface area contributed by atoms with E-state index in [1.807, 2.05) is 0 Å². The molecule has 2 aliphatic carbocycles. The highest BCUT2D eigenvalue weighted by Crippen LogP contribution is 2.33. The zero-order chi connectivity index (χ0) is 9.80. The van der Waals surface area contributed by atoms with Crippen molar-refractivity contribution in [3.05, 3.63) is 0 Å². The summed E-state index contributed by atoms with van der Waals surface area (Å²) in [5.74, 6) is 1.05. The van der Waals surface area contributed by atoms with Crippen LogP contribution in [0.15, 0.2) is 0 Å². The van der Waals surface area contributed by atoms with Crippen LogP contribution in [-0.2, 0) is 0 Å². The lowest BCUT2D eigenvalue weighted by atomic mass is 9.92. The number of rotatable bonds is 5. The Morgan fingerprint density at radius 3 is 2.57 bits per heavy atom. The van der Waals surface area contributed by atoms with Crippen molar-refractivity contribution in [2.24, 2.45) is 5.92 Å². The molecule has 0 amide bonds. The van der Waals surface area contributed by atoms with E-state index in [0.29, 0.717) is 6.04 Å². The molecule has 0 heterocycles. The second kappa shape index (κ2) is 5.13. The second-order valence-electron chi connectivity index (χ2n) is 5.00. The number of hydrogen-bond donors (Lipinski definition) is 2. The van der Waals surface area contributed by atoms with Gasteiger partial charge < -0.3 is 10.4 Å². The highest BCUT2D eigenvalue weighted by atomic mass is 16.3. The second-order valence-corrected chi connectivity index (χ2v) is 5.00. The van der Waals surface area contributed by atoms with Crippen LogP contribution >= 0.6 is 0 Å². The fourth-order valence-electron chi connectivity index (χ4n) is 2.43. The summed E-state index contributed by atoms with van der Waals surface area (Å²) in [6.07, 6.45) is 10.2. The van der Waals surface area contributed by atoms with Gasteiger partial charge in [0, 0.05) is 6.04 Å². The van der Waals surface area contributed by atoms with E-state index in [-0.39, 0.29) is 6.10 Å². The first-order chi connectivity index (χ1) is 6.86. The number of nitrogens with one attached hydrogen (secondary N) is 1. The third-order valence-corrected chi connectivity index (χ3v) is 3.62. The van der Waals surface area contributed by atoms with E-state index in [1.165, 1.54) is 44.9 Å². The van der Waals surface area contributed by atoms with Crippen molar-refractivity contribution in [1.82, 2.24) is 5.32 Å². The maximum Gasteiger partial charge on any atom is 0.0693 e. The van der Waals surface area contributed by atoms with Crippen LogP contribution in [-0.4, -0.2) is 23.8 Å². The summed E-state index contributed by atoms with van der Waals surface area (Å²) >= 11 is 0. The van der Waals surface area contributed by atoms with Gasteiger partial charge in [-0.3, -0.25) is 0 Å². The molecule has 14 heavy (non-hydrogen) atoms. The molecule has 2 aliphatic rings. The van der Waals surface area contributed by atoms with Gasteiger partial charge in [-0.25, -0.2) is 0 Å². The van der Waals surface area contributed by atoms with Crippen LogP contribution in [0.5, 0.6) is 0 Å². The minimum Gasteiger partial charge on any atom is -0.392 e. The molecular formula is C12H23NO. The SMILES string of the molecule is O[C@H]1CCCC[C@@H]1NCCCC1CC1. The van der Waals surface area contributed by atoms with Gasteiger partial charge in [-0.1, -0.05) is 25.7 Å². The van der Waals surface area contributed by atoms with Gasteiger partial charge in [0.1, 0.15) is 0 Å². The average molecular weight is 197 g/mol. The van der Waals surface area contributed by atoms with Crippen molar-refractivity contribution in [3.8, 4) is 0 Å². The molecule has 82 valence electrons. The van der Waals surface area contributed by atoms with Gasteiger partial charge in [-0.2, -0.15) is 0 Å². The largest absolute Gasteiger partial charge is 0.392 e. The summed E-state index contributed by atoms with van der Waals surface area (Å²) in [6, 6.07) is 0.392. The maximum absolute atomic E-state index is 9.73.